The molecule has 8 heteroatoms. The number of rotatable bonds is 7. The number of anilines is 1. The van der Waals surface area contributed by atoms with E-state index in [-0.39, 0.29) is 5.91 Å². The number of nitrogens with two attached hydrogens (primary N) is 1. The number of thioether (sulfide) groups is 1. The van der Waals surface area contributed by atoms with Gasteiger partial charge in [-0.1, -0.05) is 11.3 Å². The fraction of sp³-hybridized carbons (Fsp3) is 0.357. The fourth-order valence-electron chi connectivity index (χ4n) is 1.70. The fourth-order valence-corrected chi connectivity index (χ4v) is 2.94. The number of ether oxygens (including phenoxy) is 1. The number of hydrogen-bond acceptors (Lipinski definition) is 7. The van der Waals surface area contributed by atoms with Crippen molar-refractivity contribution in [3.63, 3.8) is 0 Å². The molecular weight excluding hydrogens is 320 g/mol. The Morgan fingerprint density at radius 2 is 2.14 bits per heavy atom. The second-order valence-electron chi connectivity index (χ2n) is 4.52. The monoisotopic (exact) mass is 338 g/mol. The molecule has 0 aliphatic heterocycles. The minimum Gasteiger partial charge on any atom is -0.497 e. The third-order valence-electron chi connectivity index (χ3n) is 2.96. The quantitative estimate of drug-likeness (QED) is 0.804. The number of nitrogens with one attached hydrogen (secondary N) is 1. The molecule has 1 atom stereocenters. The Morgan fingerprint density at radius 1 is 1.41 bits per heavy atom. The van der Waals surface area contributed by atoms with Crippen LogP contribution in [0.2, 0.25) is 0 Å². The smallest absolute Gasteiger partial charge is 0.243 e. The Kier molecular flexibility index (Phi) is 6.17. The van der Waals surface area contributed by atoms with Gasteiger partial charge < -0.3 is 10.5 Å². The van der Waals surface area contributed by atoms with Crippen molar-refractivity contribution in [3.05, 3.63) is 24.3 Å². The maximum Gasteiger partial charge on any atom is 0.243 e. The summed E-state index contributed by atoms with van der Waals surface area (Å²) in [7, 11) is 1.62. The third-order valence-corrected chi connectivity index (χ3v) is 4.49. The second-order valence-corrected chi connectivity index (χ2v) is 6.48. The molecule has 0 aliphatic carbocycles. The van der Waals surface area contributed by atoms with Crippen molar-refractivity contribution in [2.45, 2.75) is 12.5 Å². The first kappa shape index (κ1) is 16.7. The average Bonchev–Trinajstić information content (AvgIpc) is 3.01. The van der Waals surface area contributed by atoms with Gasteiger partial charge in [0.25, 0.3) is 0 Å². The summed E-state index contributed by atoms with van der Waals surface area (Å²) in [5.74, 6) is 1.40. The molecule has 1 unspecified atom stereocenters. The zero-order chi connectivity index (χ0) is 15.9. The van der Waals surface area contributed by atoms with E-state index in [2.05, 4.69) is 15.5 Å². The van der Waals surface area contributed by atoms with E-state index in [4.69, 9.17) is 10.5 Å². The van der Waals surface area contributed by atoms with Crippen LogP contribution in [0.1, 0.15) is 6.42 Å². The van der Waals surface area contributed by atoms with Gasteiger partial charge in [-0.25, -0.2) is 0 Å². The molecule has 118 valence electrons. The van der Waals surface area contributed by atoms with Gasteiger partial charge in [0.05, 0.1) is 13.2 Å². The molecule has 0 fully saturated rings. The van der Waals surface area contributed by atoms with Crippen molar-refractivity contribution in [2.24, 2.45) is 5.73 Å². The number of hydrogen-bond donors (Lipinski definition) is 2. The predicted octanol–water partition coefficient (Wildman–Crippen LogP) is 2.23. The molecule has 2 rings (SSSR count). The summed E-state index contributed by atoms with van der Waals surface area (Å²) in [6.45, 7) is 0. The molecule has 3 N–H and O–H groups in total. The van der Waals surface area contributed by atoms with Crippen LogP contribution in [-0.2, 0) is 4.79 Å². The van der Waals surface area contributed by atoms with Gasteiger partial charge in [0.15, 0.2) is 0 Å². The second kappa shape index (κ2) is 8.11. The number of carbonyl (C=O) groups excluding carboxylic acids is 1. The van der Waals surface area contributed by atoms with Crippen LogP contribution >= 0.6 is 23.1 Å². The summed E-state index contributed by atoms with van der Waals surface area (Å²) >= 11 is 2.98. The van der Waals surface area contributed by atoms with E-state index in [0.717, 1.165) is 22.1 Å². The lowest BCUT2D eigenvalue weighted by Gasteiger charge is -2.08. The Hall–Kier alpha value is -1.64. The molecule has 0 spiro atoms. The van der Waals surface area contributed by atoms with Gasteiger partial charge >= 0.3 is 0 Å². The molecule has 0 bridgehead atoms. The molecule has 0 saturated carbocycles. The van der Waals surface area contributed by atoms with E-state index in [1.807, 2.05) is 30.5 Å². The Morgan fingerprint density at radius 3 is 2.77 bits per heavy atom. The number of carbonyl (C=O) groups is 1. The topological polar surface area (TPSA) is 90.1 Å². The van der Waals surface area contributed by atoms with Crippen LogP contribution in [0.4, 0.5) is 5.13 Å². The lowest BCUT2D eigenvalue weighted by atomic mass is 10.2. The van der Waals surface area contributed by atoms with Crippen LogP contribution in [0.15, 0.2) is 24.3 Å². The Bertz CT molecular complexity index is 616. The Labute approximate surface area is 137 Å². The summed E-state index contributed by atoms with van der Waals surface area (Å²) in [6.07, 6.45) is 2.62. The maximum atomic E-state index is 11.9. The predicted molar refractivity (Wildman–Crippen MR) is 91.5 cm³/mol. The summed E-state index contributed by atoms with van der Waals surface area (Å²) in [5, 5.41) is 12.0. The van der Waals surface area contributed by atoms with Crippen molar-refractivity contribution >= 4 is 34.1 Å². The van der Waals surface area contributed by atoms with E-state index in [9.17, 15) is 4.79 Å². The van der Waals surface area contributed by atoms with Gasteiger partial charge in [-0.3, -0.25) is 10.1 Å². The largest absolute Gasteiger partial charge is 0.497 e. The van der Waals surface area contributed by atoms with Crippen molar-refractivity contribution in [2.75, 3.05) is 24.4 Å². The van der Waals surface area contributed by atoms with Crippen LogP contribution in [-0.4, -0.2) is 41.3 Å². The molecule has 1 amide bonds. The van der Waals surface area contributed by atoms with Crippen LogP contribution in [0.25, 0.3) is 10.6 Å². The number of benzene rings is 1. The molecule has 22 heavy (non-hydrogen) atoms. The van der Waals surface area contributed by atoms with Crippen molar-refractivity contribution in [1.82, 2.24) is 10.2 Å². The molecular formula is C14H18N4O2S2. The standard InChI is InChI=1S/C14H18N4O2S2/c1-20-10-5-3-9(4-6-10)13-17-18-14(22-13)16-12(19)11(15)7-8-21-2/h3-6,11H,7-8,15H2,1-2H3,(H,16,18,19). The molecule has 0 saturated heterocycles. The zero-order valence-electron chi connectivity index (χ0n) is 12.4. The molecule has 1 aromatic heterocycles. The number of amides is 1. The van der Waals surface area contributed by atoms with E-state index in [1.165, 1.54) is 11.3 Å². The number of aromatic nitrogens is 2. The van der Waals surface area contributed by atoms with Crippen LogP contribution < -0.4 is 15.8 Å². The maximum absolute atomic E-state index is 11.9. The first-order chi connectivity index (χ1) is 10.6. The molecule has 0 radical (unpaired) electrons. The van der Waals surface area contributed by atoms with E-state index in [0.29, 0.717) is 11.6 Å². The third kappa shape index (κ3) is 4.43. The van der Waals surface area contributed by atoms with Crippen molar-refractivity contribution in [3.8, 4) is 16.3 Å². The van der Waals surface area contributed by atoms with Gasteiger partial charge in [-0.05, 0) is 42.7 Å². The molecule has 6 nitrogen and oxygen atoms in total. The van der Waals surface area contributed by atoms with E-state index in [1.54, 1.807) is 18.9 Å². The van der Waals surface area contributed by atoms with E-state index >= 15 is 0 Å². The normalized spacial score (nSPS) is 12.0. The first-order valence-electron chi connectivity index (χ1n) is 6.67. The summed E-state index contributed by atoms with van der Waals surface area (Å²) in [6, 6.07) is 6.98. The minimum atomic E-state index is -0.527. The van der Waals surface area contributed by atoms with E-state index < -0.39 is 6.04 Å². The summed E-state index contributed by atoms with van der Waals surface area (Å²) in [4.78, 5) is 11.9. The lowest BCUT2D eigenvalue weighted by Crippen LogP contribution is -2.36. The molecule has 0 aliphatic rings. The summed E-state index contributed by atoms with van der Waals surface area (Å²) in [5.41, 5.74) is 6.74. The summed E-state index contributed by atoms with van der Waals surface area (Å²) < 4.78 is 5.12. The van der Waals surface area contributed by atoms with Gasteiger partial charge in [0.1, 0.15) is 10.8 Å². The highest BCUT2D eigenvalue weighted by molar-refractivity contribution is 7.98. The first-order valence-corrected chi connectivity index (χ1v) is 8.88. The zero-order valence-corrected chi connectivity index (χ0v) is 14.0. The van der Waals surface area contributed by atoms with Gasteiger partial charge in [0, 0.05) is 5.56 Å². The van der Waals surface area contributed by atoms with Crippen molar-refractivity contribution in [1.29, 1.82) is 0 Å². The van der Waals surface area contributed by atoms with Crippen LogP contribution in [0, 0.1) is 0 Å². The highest BCUT2D eigenvalue weighted by atomic mass is 32.2. The SMILES string of the molecule is COc1ccc(-c2nnc(NC(=O)C(N)CCSC)s2)cc1. The van der Waals surface area contributed by atoms with Gasteiger partial charge in [-0.2, -0.15) is 11.8 Å². The van der Waals surface area contributed by atoms with Crippen molar-refractivity contribution < 1.29 is 9.53 Å². The number of methoxy groups -OCH3 is 1. The molecule has 2 aromatic rings. The van der Waals surface area contributed by atoms with Crippen LogP contribution in [0.3, 0.4) is 0 Å². The van der Waals surface area contributed by atoms with Gasteiger partial charge in [-0.15, -0.1) is 10.2 Å². The van der Waals surface area contributed by atoms with Crippen LogP contribution in [0.5, 0.6) is 5.75 Å². The molecule has 1 aromatic carbocycles. The van der Waals surface area contributed by atoms with Gasteiger partial charge in [0.2, 0.25) is 11.0 Å². The highest BCUT2D eigenvalue weighted by Gasteiger charge is 2.15. The number of nitrogens with zero attached hydrogens (tertiary/aromatic N) is 2. The lowest BCUT2D eigenvalue weighted by molar-refractivity contribution is -0.117. The minimum absolute atomic E-state index is 0.230. The highest BCUT2D eigenvalue weighted by Crippen LogP contribution is 2.27. The molecule has 1 heterocycles. The Balaban J connectivity index is 2.00. The average molecular weight is 338 g/mol.